The van der Waals surface area contributed by atoms with Crippen LogP contribution in [0, 0.1) is 16.0 Å². The van der Waals surface area contributed by atoms with Gasteiger partial charge in [0.25, 0.3) is 11.6 Å². The molecule has 8 heteroatoms. The molecule has 0 unspecified atom stereocenters. The molecular formula is C22H24N4O4. The van der Waals surface area contributed by atoms with Crippen LogP contribution in [0.1, 0.15) is 54.9 Å². The third kappa shape index (κ3) is 5.50. The van der Waals surface area contributed by atoms with Gasteiger partial charge in [-0.3, -0.25) is 19.7 Å². The molecule has 0 aromatic heterocycles. The second-order valence-electron chi connectivity index (χ2n) is 7.35. The van der Waals surface area contributed by atoms with E-state index in [1.165, 1.54) is 30.7 Å². The molecule has 0 radical (unpaired) electrons. The molecule has 3 rings (SSSR count). The van der Waals surface area contributed by atoms with E-state index < -0.39 is 10.8 Å². The van der Waals surface area contributed by atoms with Gasteiger partial charge in [0.2, 0.25) is 5.91 Å². The number of carbonyl (C=O) groups excluding carboxylic acids is 2. The SMILES string of the molecule is CC(=NNC(=O)c1cccc([N+](=O)[O-])c1)c1cccc(NC(=O)C2CCCCC2)c1. The predicted molar refractivity (Wildman–Crippen MR) is 114 cm³/mol. The number of hydrogen-bond donors (Lipinski definition) is 2. The molecule has 30 heavy (non-hydrogen) atoms. The van der Waals surface area contributed by atoms with Gasteiger partial charge in [0.1, 0.15) is 0 Å². The Labute approximate surface area is 174 Å². The van der Waals surface area contributed by atoms with Crippen molar-refractivity contribution in [3.05, 3.63) is 69.8 Å². The van der Waals surface area contributed by atoms with E-state index in [0.717, 1.165) is 31.2 Å². The third-order valence-corrected chi connectivity index (χ3v) is 5.17. The lowest BCUT2D eigenvalue weighted by Crippen LogP contribution is -2.24. The van der Waals surface area contributed by atoms with E-state index in [2.05, 4.69) is 15.8 Å². The minimum Gasteiger partial charge on any atom is -0.326 e. The van der Waals surface area contributed by atoms with Crippen LogP contribution in [-0.4, -0.2) is 22.4 Å². The second kappa shape index (κ2) is 9.78. The fourth-order valence-electron chi connectivity index (χ4n) is 3.46. The van der Waals surface area contributed by atoms with Gasteiger partial charge in [0.15, 0.2) is 0 Å². The fraction of sp³-hybridized carbons (Fsp3) is 0.318. The molecule has 2 N–H and O–H groups in total. The molecule has 2 aromatic carbocycles. The van der Waals surface area contributed by atoms with E-state index in [9.17, 15) is 19.7 Å². The molecule has 0 spiro atoms. The lowest BCUT2D eigenvalue weighted by atomic mass is 9.88. The van der Waals surface area contributed by atoms with Gasteiger partial charge in [-0.2, -0.15) is 5.10 Å². The minimum atomic E-state index is -0.557. The summed E-state index contributed by atoms with van der Waals surface area (Å²) < 4.78 is 0. The van der Waals surface area contributed by atoms with Crippen molar-refractivity contribution in [1.29, 1.82) is 0 Å². The molecule has 0 heterocycles. The van der Waals surface area contributed by atoms with Crippen LogP contribution in [0.5, 0.6) is 0 Å². The highest BCUT2D eigenvalue weighted by Crippen LogP contribution is 2.25. The first-order valence-corrected chi connectivity index (χ1v) is 9.94. The van der Waals surface area contributed by atoms with Crippen LogP contribution in [0.3, 0.4) is 0 Å². The zero-order valence-electron chi connectivity index (χ0n) is 16.8. The number of non-ortho nitro benzene ring substituents is 1. The Hall–Kier alpha value is -3.55. The maximum absolute atomic E-state index is 12.4. The quantitative estimate of drug-likeness (QED) is 0.422. The summed E-state index contributed by atoms with van der Waals surface area (Å²) in [7, 11) is 0. The van der Waals surface area contributed by atoms with Gasteiger partial charge in [0.05, 0.1) is 10.6 Å². The second-order valence-corrected chi connectivity index (χ2v) is 7.35. The van der Waals surface area contributed by atoms with Crippen molar-refractivity contribution in [3.63, 3.8) is 0 Å². The Balaban J connectivity index is 1.65. The Kier molecular flexibility index (Phi) is 6.90. The van der Waals surface area contributed by atoms with Gasteiger partial charge >= 0.3 is 0 Å². The van der Waals surface area contributed by atoms with Gasteiger partial charge in [0, 0.05) is 29.3 Å². The van der Waals surface area contributed by atoms with E-state index in [0.29, 0.717) is 11.4 Å². The van der Waals surface area contributed by atoms with Crippen molar-refractivity contribution in [2.24, 2.45) is 11.0 Å². The first-order chi connectivity index (χ1) is 14.4. The van der Waals surface area contributed by atoms with Crippen LogP contribution in [0.2, 0.25) is 0 Å². The summed E-state index contributed by atoms with van der Waals surface area (Å²) in [5.41, 5.74) is 4.37. The van der Waals surface area contributed by atoms with Gasteiger partial charge in [-0.15, -0.1) is 0 Å². The zero-order chi connectivity index (χ0) is 21.5. The number of rotatable bonds is 6. The highest BCUT2D eigenvalue weighted by atomic mass is 16.6. The number of hydrazone groups is 1. The molecule has 1 aliphatic carbocycles. The number of anilines is 1. The molecule has 0 bridgehead atoms. The topological polar surface area (TPSA) is 114 Å². The van der Waals surface area contributed by atoms with Gasteiger partial charge in [-0.05, 0) is 43.5 Å². The number of benzene rings is 2. The highest BCUT2D eigenvalue weighted by molar-refractivity contribution is 6.02. The first kappa shape index (κ1) is 21.2. The molecular weight excluding hydrogens is 384 g/mol. The van der Waals surface area contributed by atoms with E-state index in [1.807, 2.05) is 18.2 Å². The molecule has 1 fully saturated rings. The maximum atomic E-state index is 12.4. The normalized spacial score (nSPS) is 14.8. The monoisotopic (exact) mass is 408 g/mol. The third-order valence-electron chi connectivity index (χ3n) is 5.17. The van der Waals surface area contributed by atoms with Crippen molar-refractivity contribution in [2.45, 2.75) is 39.0 Å². The highest BCUT2D eigenvalue weighted by Gasteiger charge is 2.21. The van der Waals surface area contributed by atoms with E-state index in [1.54, 1.807) is 13.0 Å². The Bertz CT molecular complexity index is 981. The van der Waals surface area contributed by atoms with Gasteiger partial charge in [-0.25, -0.2) is 5.43 Å². The van der Waals surface area contributed by atoms with Crippen LogP contribution in [0.25, 0.3) is 0 Å². The lowest BCUT2D eigenvalue weighted by Gasteiger charge is -2.20. The fourth-order valence-corrected chi connectivity index (χ4v) is 3.46. The average Bonchev–Trinajstić information content (AvgIpc) is 2.78. The summed E-state index contributed by atoms with van der Waals surface area (Å²) in [6, 6.07) is 12.7. The van der Waals surface area contributed by atoms with E-state index in [-0.39, 0.29) is 23.1 Å². The average molecular weight is 408 g/mol. The van der Waals surface area contributed by atoms with E-state index in [4.69, 9.17) is 0 Å². The number of hydrogen-bond acceptors (Lipinski definition) is 5. The summed E-state index contributed by atoms with van der Waals surface area (Å²) >= 11 is 0. The van der Waals surface area contributed by atoms with Crippen molar-refractivity contribution in [3.8, 4) is 0 Å². The summed E-state index contributed by atoms with van der Waals surface area (Å²) in [5, 5.41) is 17.9. The number of nitro groups is 1. The molecule has 1 saturated carbocycles. The molecule has 8 nitrogen and oxygen atoms in total. The Morgan fingerprint density at radius 1 is 1.03 bits per heavy atom. The van der Waals surface area contributed by atoms with E-state index >= 15 is 0 Å². The van der Waals surface area contributed by atoms with Crippen LogP contribution >= 0.6 is 0 Å². The van der Waals surface area contributed by atoms with Crippen LogP contribution < -0.4 is 10.7 Å². The summed E-state index contributed by atoms with van der Waals surface area (Å²) in [5.74, 6) is -0.438. The predicted octanol–water partition coefficient (Wildman–Crippen LogP) is 4.27. The molecule has 1 aliphatic rings. The maximum Gasteiger partial charge on any atom is 0.271 e. The van der Waals surface area contributed by atoms with Crippen molar-refractivity contribution in [1.82, 2.24) is 5.43 Å². The zero-order valence-corrected chi connectivity index (χ0v) is 16.8. The number of nitrogens with zero attached hydrogens (tertiary/aromatic N) is 2. The Morgan fingerprint density at radius 2 is 1.73 bits per heavy atom. The minimum absolute atomic E-state index is 0.0421. The number of nitrogens with one attached hydrogen (secondary N) is 2. The molecule has 2 aromatic rings. The Morgan fingerprint density at radius 3 is 2.47 bits per heavy atom. The summed E-state index contributed by atoms with van der Waals surface area (Å²) in [6.07, 6.45) is 5.23. The van der Waals surface area contributed by atoms with Gasteiger partial charge < -0.3 is 5.32 Å². The van der Waals surface area contributed by atoms with Crippen LogP contribution in [0.15, 0.2) is 53.6 Å². The smallest absolute Gasteiger partial charge is 0.271 e. The molecule has 0 saturated heterocycles. The number of amides is 2. The lowest BCUT2D eigenvalue weighted by molar-refractivity contribution is -0.384. The molecule has 0 aliphatic heterocycles. The largest absolute Gasteiger partial charge is 0.326 e. The van der Waals surface area contributed by atoms with Crippen molar-refractivity contribution >= 4 is 28.9 Å². The van der Waals surface area contributed by atoms with Crippen molar-refractivity contribution in [2.75, 3.05) is 5.32 Å². The van der Waals surface area contributed by atoms with Crippen molar-refractivity contribution < 1.29 is 14.5 Å². The first-order valence-electron chi connectivity index (χ1n) is 9.94. The number of nitro benzene ring substituents is 1. The summed E-state index contributed by atoms with van der Waals surface area (Å²) in [4.78, 5) is 35.0. The number of carbonyl (C=O) groups is 2. The molecule has 0 atom stereocenters. The standard InChI is InChI=1S/C22H24N4O4/c1-15(24-25-22(28)18-10-6-12-20(14-18)26(29)30)17-9-5-11-19(13-17)23-21(27)16-7-3-2-4-8-16/h5-6,9-14,16H,2-4,7-8H2,1H3,(H,23,27)(H,25,28). The van der Waals surface area contributed by atoms with Crippen LogP contribution in [-0.2, 0) is 4.79 Å². The summed E-state index contributed by atoms with van der Waals surface area (Å²) in [6.45, 7) is 1.73. The molecule has 2 amide bonds. The van der Waals surface area contributed by atoms with Gasteiger partial charge in [-0.1, -0.05) is 37.5 Å². The molecule has 156 valence electrons. The van der Waals surface area contributed by atoms with Crippen LogP contribution in [0.4, 0.5) is 11.4 Å².